The number of carboxylic acid groups (broad SMARTS) is 1. The summed E-state index contributed by atoms with van der Waals surface area (Å²) in [5, 5.41) is 8.75. The van der Waals surface area contributed by atoms with E-state index in [1.807, 2.05) is 0 Å². The van der Waals surface area contributed by atoms with Gasteiger partial charge < -0.3 is 14.6 Å². The van der Waals surface area contributed by atoms with Crippen LogP contribution < -0.4 is 0 Å². The fourth-order valence-electron chi connectivity index (χ4n) is 1.82. The van der Waals surface area contributed by atoms with E-state index in [0.717, 1.165) is 12.1 Å². The first-order valence-corrected chi connectivity index (χ1v) is 6.21. The summed E-state index contributed by atoms with van der Waals surface area (Å²) in [6.07, 6.45) is 0. The predicted molar refractivity (Wildman–Crippen MR) is 69.3 cm³/mol. The lowest BCUT2D eigenvalue weighted by molar-refractivity contribution is -0.184. The second-order valence-electron chi connectivity index (χ2n) is 4.14. The largest absolute Gasteiger partial charge is 0.478 e. The Balaban J connectivity index is 3.13. The van der Waals surface area contributed by atoms with E-state index in [1.54, 1.807) is 13.8 Å². The van der Waals surface area contributed by atoms with Crippen LogP contribution in [0.25, 0.3) is 0 Å². The standard InChI is InChI=1S/C14H17FO5/c1-4-19-14(3,20-5-2)12(16)9-6-7-10(13(17)18)11(15)8-9/h6-8H,4-5H2,1-3H3,(H,17,18). The second kappa shape index (κ2) is 6.58. The van der Waals surface area contributed by atoms with Gasteiger partial charge in [-0.15, -0.1) is 0 Å². The van der Waals surface area contributed by atoms with E-state index in [2.05, 4.69) is 0 Å². The molecule has 0 aromatic heterocycles. The van der Waals surface area contributed by atoms with Crippen molar-refractivity contribution in [2.24, 2.45) is 0 Å². The highest BCUT2D eigenvalue weighted by Gasteiger charge is 2.36. The van der Waals surface area contributed by atoms with Gasteiger partial charge in [0, 0.05) is 18.8 Å². The third kappa shape index (κ3) is 3.40. The molecule has 0 aliphatic carbocycles. The highest BCUT2D eigenvalue weighted by molar-refractivity contribution is 6.02. The van der Waals surface area contributed by atoms with E-state index in [0.29, 0.717) is 0 Å². The van der Waals surface area contributed by atoms with Gasteiger partial charge in [-0.25, -0.2) is 9.18 Å². The number of Topliss-reactive ketones (excluding diaryl/α,β-unsaturated/α-hetero) is 1. The van der Waals surface area contributed by atoms with Crippen LogP contribution in [0, 0.1) is 5.82 Å². The van der Waals surface area contributed by atoms with Crippen molar-refractivity contribution >= 4 is 11.8 Å². The normalized spacial score (nSPS) is 11.4. The number of carbonyl (C=O) groups is 2. The van der Waals surface area contributed by atoms with Gasteiger partial charge in [-0.2, -0.15) is 0 Å². The molecule has 6 heteroatoms. The molecule has 0 saturated carbocycles. The zero-order valence-electron chi connectivity index (χ0n) is 11.6. The van der Waals surface area contributed by atoms with E-state index in [9.17, 15) is 14.0 Å². The van der Waals surface area contributed by atoms with Crippen LogP contribution in [-0.4, -0.2) is 35.9 Å². The number of ketones is 1. The van der Waals surface area contributed by atoms with Crippen LogP contribution in [0.1, 0.15) is 41.5 Å². The molecule has 0 fully saturated rings. The van der Waals surface area contributed by atoms with Gasteiger partial charge in [-0.1, -0.05) is 6.07 Å². The van der Waals surface area contributed by atoms with Crippen LogP contribution in [0.3, 0.4) is 0 Å². The minimum absolute atomic E-state index is 0.00287. The van der Waals surface area contributed by atoms with Crippen molar-refractivity contribution in [2.45, 2.75) is 26.6 Å². The molecule has 1 rings (SSSR count). The van der Waals surface area contributed by atoms with Gasteiger partial charge in [0.25, 0.3) is 0 Å². The van der Waals surface area contributed by atoms with Crippen LogP contribution in [0.4, 0.5) is 4.39 Å². The van der Waals surface area contributed by atoms with Crippen molar-refractivity contribution in [1.29, 1.82) is 0 Å². The Morgan fingerprint density at radius 1 is 1.25 bits per heavy atom. The molecular formula is C14H17FO5. The number of carboxylic acids is 1. The van der Waals surface area contributed by atoms with Crippen molar-refractivity contribution in [3.05, 3.63) is 35.1 Å². The molecule has 1 N–H and O–H groups in total. The molecule has 0 amide bonds. The molecule has 0 radical (unpaired) electrons. The van der Waals surface area contributed by atoms with E-state index in [1.165, 1.54) is 13.0 Å². The molecule has 0 unspecified atom stereocenters. The number of aromatic carboxylic acids is 1. The van der Waals surface area contributed by atoms with Gasteiger partial charge in [0.15, 0.2) is 0 Å². The molecule has 5 nitrogen and oxygen atoms in total. The smallest absolute Gasteiger partial charge is 0.338 e. The monoisotopic (exact) mass is 284 g/mol. The summed E-state index contributed by atoms with van der Waals surface area (Å²) in [7, 11) is 0. The maximum Gasteiger partial charge on any atom is 0.338 e. The summed E-state index contributed by atoms with van der Waals surface area (Å²) in [6.45, 7) is 5.36. The Kier molecular flexibility index (Phi) is 5.35. The Labute approximate surface area is 116 Å². The highest BCUT2D eigenvalue weighted by Crippen LogP contribution is 2.21. The van der Waals surface area contributed by atoms with Crippen LogP contribution in [0.15, 0.2) is 18.2 Å². The van der Waals surface area contributed by atoms with Gasteiger partial charge in [0.1, 0.15) is 5.82 Å². The SMILES string of the molecule is CCOC(C)(OCC)C(=O)c1ccc(C(=O)O)c(F)c1. The van der Waals surface area contributed by atoms with E-state index >= 15 is 0 Å². The molecule has 0 aliphatic heterocycles. The molecule has 0 heterocycles. The molecule has 20 heavy (non-hydrogen) atoms. The van der Waals surface area contributed by atoms with Crippen LogP contribution in [-0.2, 0) is 9.47 Å². The number of carbonyl (C=O) groups excluding carboxylic acids is 1. The Morgan fingerprint density at radius 3 is 2.20 bits per heavy atom. The van der Waals surface area contributed by atoms with Gasteiger partial charge in [-0.3, -0.25) is 4.79 Å². The Morgan fingerprint density at radius 2 is 1.80 bits per heavy atom. The minimum atomic E-state index is -1.51. The van der Waals surface area contributed by atoms with E-state index < -0.39 is 28.9 Å². The van der Waals surface area contributed by atoms with Crippen molar-refractivity contribution in [1.82, 2.24) is 0 Å². The number of halogens is 1. The third-order valence-corrected chi connectivity index (χ3v) is 2.71. The number of hydrogen-bond acceptors (Lipinski definition) is 4. The fraction of sp³-hybridized carbons (Fsp3) is 0.429. The van der Waals surface area contributed by atoms with Gasteiger partial charge in [-0.05, 0) is 32.9 Å². The lowest BCUT2D eigenvalue weighted by atomic mass is 10.0. The number of rotatable bonds is 7. The summed E-state index contributed by atoms with van der Waals surface area (Å²) >= 11 is 0. The first-order chi connectivity index (χ1) is 9.35. The summed E-state index contributed by atoms with van der Waals surface area (Å²) in [5.41, 5.74) is -0.493. The fourth-order valence-corrected chi connectivity index (χ4v) is 1.82. The zero-order valence-corrected chi connectivity index (χ0v) is 11.6. The van der Waals surface area contributed by atoms with Crippen molar-refractivity contribution in [2.75, 3.05) is 13.2 Å². The summed E-state index contributed by atoms with van der Waals surface area (Å²) in [6, 6.07) is 3.16. The van der Waals surface area contributed by atoms with Crippen molar-refractivity contribution in [3.63, 3.8) is 0 Å². The molecule has 0 aliphatic rings. The molecule has 0 spiro atoms. The maximum absolute atomic E-state index is 13.6. The van der Waals surface area contributed by atoms with E-state index in [-0.39, 0.29) is 18.8 Å². The van der Waals surface area contributed by atoms with Gasteiger partial charge >= 0.3 is 5.97 Å². The quantitative estimate of drug-likeness (QED) is 0.615. The maximum atomic E-state index is 13.6. The number of benzene rings is 1. The van der Waals surface area contributed by atoms with Gasteiger partial charge in [0.2, 0.25) is 11.6 Å². The minimum Gasteiger partial charge on any atom is -0.478 e. The Bertz CT molecular complexity index is 506. The van der Waals surface area contributed by atoms with Crippen LogP contribution >= 0.6 is 0 Å². The van der Waals surface area contributed by atoms with Crippen molar-refractivity contribution in [3.8, 4) is 0 Å². The molecule has 1 aromatic carbocycles. The van der Waals surface area contributed by atoms with Gasteiger partial charge in [0.05, 0.1) is 5.56 Å². The molecule has 0 saturated heterocycles. The summed E-state index contributed by atoms with van der Waals surface area (Å²) in [5.74, 6) is -4.43. The summed E-state index contributed by atoms with van der Waals surface area (Å²) < 4.78 is 24.2. The predicted octanol–water partition coefficient (Wildman–Crippen LogP) is 2.50. The molecule has 0 atom stereocenters. The number of ether oxygens (including phenoxy) is 2. The number of hydrogen-bond donors (Lipinski definition) is 1. The average molecular weight is 284 g/mol. The lowest BCUT2D eigenvalue weighted by Gasteiger charge is -2.27. The molecular weight excluding hydrogens is 267 g/mol. The molecule has 110 valence electrons. The average Bonchev–Trinajstić information content (AvgIpc) is 2.37. The summed E-state index contributed by atoms with van der Waals surface area (Å²) in [4.78, 5) is 23.0. The lowest BCUT2D eigenvalue weighted by Crippen LogP contribution is -2.41. The first kappa shape index (κ1) is 16.3. The highest BCUT2D eigenvalue weighted by atomic mass is 19.1. The van der Waals surface area contributed by atoms with Crippen LogP contribution in [0.2, 0.25) is 0 Å². The van der Waals surface area contributed by atoms with Crippen LogP contribution in [0.5, 0.6) is 0 Å². The van der Waals surface area contributed by atoms with Crippen molar-refractivity contribution < 1.29 is 28.6 Å². The molecule has 1 aromatic rings. The zero-order chi connectivity index (χ0) is 15.3. The second-order valence-corrected chi connectivity index (χ2v) is 4.14. The Hall–Kier alpha value is -1.79. The van der Waals surface area contributed by atoms with E-state index in [4.69, 9.17) is 14.6 Å². The first-order valence-electron chi connectivity index (χ1n) is 6.21. The molecule has 0 bridgehead atoms. The topological polar surface area (TPSA) is 72.8 Å². The third-order valence-electron chi connectivity index (χ3n) is 2.71.